The Bertz CT molecular complexity index is 557. The van der Waals surface area contributed by atoms with Crippen LogP contribution in [-0.2, 0) is 13.0 Å². The summed E-state index contributed by atoms with van der Waals surface area (Å²) in [6.45, 7) is 8.64. The van der Waals surface area contributed by atoms with E-state index in [0.29, 0.717) is 23.7 Å². The van der Waals surface area contributed by atoms with Gasteiger partial charge in [0.25, 0.3) is 0 Å². The number of aryl methyl sites for hydroxylation is 2. The predicted molar refractivity (Wildman–Crippen MR) is 72.3 cm³/mol. The molecular weight excluding hydrogens is 229 g/mol. The summed E-state index contributed by atoms with van der Waals surface area (Å²) in [5.41, 5.74) is 2.13. The lowest BCUT2D eigenvalue weighted by Gasteiger charge is -2.06. The Morgan fingerprint density at radius 1 is 1.33 bits per heavy atom. The second-order valence-corrected chi connectivity index (χ2v) is 4.97. The topological polar surface area (TPSA) is 25.2 Å². The molecule has 0 aliphatic heterocycles. The van der Waals surface area contributed by atoms with Gasteiger partial charge in [0.05, 0.1) is 6.54 Å². The minimum absolute atomic E-state index is 0.238. The van der Waals surface area contributed by atoms with Gasteiger partial charge in [-0.15, -0.1) is 0 Å². The maximum absolute atomic E-state index is 14.0. The molecular formula is C15H20FNO. The lowest BCUT2D eigenvalue weighted by Crippen LogP contribution is -2.22. The number of furan rings is 1. The van der Waals surface area contributed by atoms with Crippen LogP contribution in [0.3, 0.4) is 0 Å². The first kappa shape index (κ1) is 13.1. The van der Waals surface area contributed by atoms with E-state index in [0.717, 1.165) is 23.1 Å². The van der Waals surface area contributed by atoms with Crippen molar-refractivity contribution in [2.24, 2.45) is 0 Å². The zero-order valence-corrected chi connectivity index (χ0v) is 11.4. The maximum Gasteiger partial charge on any atom is 0.170 e. The van der Waals surface area contributed by atoms with Gasteiger partial charge >= 0.3 is 0 Å². The molecule has 0 saturated carbocycles. The van der Waals surface area contributed by atoms with Crippen LogP contribution in [-0.4, -0.2) is 6.04 Å². The Morgan fingerprint density at radius 2 is 2.06 bits per heavy atom. The van der Waals surface area contributed by atoms with Gasteiger partial charge in [0.1, 0.15) is 5.76 Å². The van der Waals surface area contributed by atoms with E-state index in [4.69, 9.17) is 4.42 Å². The first-order valence-corrected chi connectivity index (χ1v) is 6.47. The molecule has 3 heteroatoms. The number of hydrogen-bond acceptors (Lipinski definition) is 2. The fourth-order valence-corrected chi connectivity index (χ4v) is 2.15. The molecule has 0 aliphatic carbocycles. The molecule has 0 amide bonds. The van der Waals surface area contributed by atoms with Gasteiger partial charge in [-0.1, -0.05) is 32.9 Å². The van der Waals surface area contributed by atoms with Crippen molar-refractivity contribution in [1.82, 2.24) is 5.32 Å². The molecule has 2 aromatic rings. The summed E-state index contributed by atoms with van der Waals surface area (Å²) < 4.78 is 19.7. The zero-order chi connectivity index (χ0) is 13.3. The lowest BCUT2D eigenvalue weighted by atomic mass is 10.1. The molecule has 2 nitrogen and oxygen atoms in total. The predicted octanol–water partition coefficient (Wildman–Crippen LogP) is 3.94. The van der Waals surface area contributed by atoms with Crippen molar-refractivity contribution in [3.05, 3.63) is 34.8 Å². The second kappa shape index (κ2) is 5.11. The molecule has 0 radical (unpaired) electrons. The van der Waals surface area contributed by atoms with Crippen molar-refractivity contribution < 1.29 is 8.81 Å². The summed E-state index contributed by atoms with van der Waals surface area (Å²) in [5.74, 6) is 0.615. The van der Waals surface area contributed by atoms with Crippen molar-refractivity contribution >= 4 is 11.0 Å². The summed E-state index contributed by atoms with van der Waals surface area (Å²) in [5, 5.41) is 4.22. The Hall–Kier alpha value is -1.35. The van der Waals surface area contributed by atoms with E-state index in [1.807, 2.05) is 12.1 Å². The summed E-state index contributed by atoms with van der Waals surface area (Å²) in [7, 11) is 0. The van der Waals surface area contributed by atoms with Gasteiger partial charge in [-0.3, -0.25) is 0 Å². The monoisotopic (exact) mass is 249 g/mol. The molecule has 1 heterocycles. The van der Waals surface area contributed by atoms with E-state index in [1.54, 1.807) is 6.92 Å². The molecule has 0 fully saturated rings. The second-order valence-electron chi connectivity index (χ2n) is 4.97. The first-order valence-electron chi connectivity index (χ1n) is 6.47. The van der Waals surface area contributed by atoms with Crippen molar-refractivity contribution in [3.8, 4) is 0 Å². The van der Waals surface area contributed by atoms with Gasteiger partial charge in [-0.05, 0) is 18.9 Å². The number of rotatable bonds is 4. The fourth-order valence-electron chi connectivity index (χ4n) is 2.15. The third-order valence-corrected chi connectivity index (χ3v) is 3.20. The quantitative estimate of drug-likeness (QED) is 0.887. The zero-order valence-electron chi connectivity index (χ0n) is 11.4. The van der Waals surface area contributed by atoms with Crippen LogP contribution in [0.5, 0.6) is 0 Å². The largest absolute Gasteiger partial charge is 0.456 e. The third kappa shape index (κ3) is 2.27. The first-order chi connectivity index (χ1) is 8.54. The van der Waals surface area contributed by atoms with E-state index in [9.17, 15) is 4.39 Å². The minimum atomic E-state index is -0.238. The SMILES string of the molecule is CCc1c(CNC(C)C)oc2c(F)c(C)ccc12. The van der Waals surface area contributed by atoms with Gasteiger partial charge in [-0.25, -0.2) is 4.39 Å². The highest BCUT2D eigenvalue weighted by Crippen LogP contribution is 2.30. The van der Waals surface area contributed by atoms with Crippen LogP contribution in [0.25, 0.3) is 11.0 Å². The fraction of sp³-hybridized carbons (Fsp3) is 0.467. The number of benzene rings is 1. The summed E-state index contributed by atoms with van der Waals surface area (Å²) in [4.78, 5) is 0. The molecule has 0 atom stereocenters. The third-order valence-electron chi connectivity index (χ3n) is 3.20. The average Bonchev–Trinajstić information content (AvgIpc) is 2.69. The van der Waals surface area contributed by atoms with Crippen LogP contribution in [0, 0.1) is 12.7 Å². The van der Waals surface area contributed by atoms with Crippen molar-refractivity contribution in [1.29, 1.82) is 0 Å². The van der Waals surface area contributed by atoms with Crippen molar-refractivity contribution in [2.75, 3.05) is 0 Å². The summed E-state index contributed by atoms with van der Waals surface area (Å²) >= 11 is 0. The molecule has 0 aliphatic rings. The van der Waals surface area contributed by atoms with Gasteiger partial charge in [0.2, 0.25) is 0 Å². The molecule has 0 saturated heterocycles. The number of halogens is 1. The Balaban J connectivity index is 2.50. The highest BCUT2D eigenvalue weighted by molar-refractivity contribution is 5.83. The molecule has 2 rings (SSSR count). The number of hydrogen-bond donors (Lipinski definition) is 1. The van der Waals surface area contributed by atoms with E-state index < -0.39 is 0 Å². The van der Waals surface area contributed by atoms with Gasteiger partial charge < -0.3 is 9.73 Å². The Labute approximate surface area is 107 Å². The van der Waals surface area contributed by atoms with Crippen molar-refractivity contribution in [3.63, 3.8) is 0 Å². The lowest BCUT2D eigenvalue weighted by molar-refractivity contribution is 0.471. The Morgan fingerprint density at radius 3 is 2.67 bits per heavy atom. The molecule has 0 bridgehead atoms. The van der Waals surface area contributed by atoms with Gasteiger partial charge in [0, 0.05) is 17.0 Å². The summed E-state index contributed by atoms with van der Waals surface area (Å²) in [6, 6.07) is 4.15. The number of nitrogens with one attached hydrogen (secondary N) is 1. The normalized spacial score (nSPS) is 11.7. The molecule has 1 aromatic carbocycles. The highest BCUT2D eigenvalue weighted by Gasteiger charge is 2.16. The summed E-state index contributed by atoms with van der Waals surface area (Å²) in [6.07, 6.45) is 0.852. The van der Waals surface area contributed by atoms with Crippen LogP contribution in [0.4, 0.5) is 4.39 Å². The van der Waals surface area contributed by atoms with E-state index in [1.165, 1.54) is 0 Å². The van der Waals surface area contributed by atoms with E-state index >= 15 is 0 Å². The van der Waals surface area contributed by atoms with Gasteiger partial charge in [0.15, 0.2) is 11.4 Å². The van der Waals surface area contributed by atoms with Crippen LogP contribution in [0.2, 0.25) is 0 Å². The minimum Gasteiger partial charge on any atom is -0.456 e. The van der Waals surface area contributed by atoms with E-state index in [2.05, 4.69) is 26.1 Å². The molecule has 0 unspecified atom stereocenters. The molecule has 1 aromatic heterocycles. The van der Waals surface area contributed by atoms with Crippen LogP contribution in [0.15, 0.2) is 16.5 Å². The number of fused-ring (bicyclic) bond motifs is 1. The Kier molecular flexibility index (Phi) is 3.71. The molecule has 1 N–H and O–H groups in total. The maximum atomic E-state index is 14.0. The molecule has 98 valence electrons. The van der Waals surface area contributed by atoms with Gasteiger partial charge in [-0.2, -0.15) is 0 Å². The smallest absolute Gasteiger partial charge is 0.170 e. The molecule has 0 spiro atoms. The van der Waals surface area contributed by atoms with Crippen molar-refractivity contribution in [2.45, 2.75) is 46.7 Å². The average molecular weight is 249 g/mol. The van der Waals surface area contributed by atoms with Crippen LogP contribution >= 0.6 is 0 Å². The highest BCUT2D eigenvalue weighted by atomic mass is 19.1. The standard InChI is InChI=1S/C15H20FNO/c1-5-11-12-7-6-10(4)14(16)15(12)18-13(11)8-17-9(2)3/h6-7,9,17H,5,8H2,1-4H3. The van der Waals surface area contributed by atoms with E-state index in [-0.39, 0.29) is 5.82 Å². The molecule has 18 heavy (non-hydrogen) atoms. The van der Waals surface area contributed by atoms with Crippen LogP contribution in [0.1, 0.15) is 37.7 Å². The van der Waals surface area contributed by atoms with Crippen LogP contribution < -0.4 is 5.32 Å².